The van der Waals surface area contributed by atoms with E-state index >= 15 is 0 Å². The monoisotopic (exact) mass is 359 g/mol. The van der Waals surface area contributed by atoms with Gasteiger partial charge < -0.3 is 4.98 Å². The van der Waals surface area contributed by atoms with Crippen molar-refractivity contribution >= 4 is 21.6 Å². The molecule has 0 saturated heterocycles. The van der Waals surface area contributed by atoms with Crippen molar-refractivity contribution in [1.82, 2.24) is 14.9 Å². The van der Waals surface area contributed by atoms with E-state index in [1.807, 2.05) is 0 Å². The van der Waals surface area contributed by atoms with Gasteiger partial charge in [-0.3, -0.25) is 9.69 Å². The minimum absolute atomic E-state index is 0.0734. The minimum atomic E-state index is 0.0734. The number of rotatable bonds is 4. The predicted molar refractivity (Wildman–Crippen MR) is 104 cm³/mol. The second-order valence-corrected chi connectivity index (χ2v) is 8.98. The van der Waals surface area contributed by atoms with Crippen LogP contribution in [0.4, 0.5) is 0 Å². The van der Waals surface area contributed by atoms with Crippen molar-refractivity contribution in [3.63, 3.8) is 0 Å². The third kappa shape index (κ3) is 3.17. The SMILES string of the molecule is CCN(CC)Cc1nc2sc3c(c2c(=O)[nH]1)CCC1(CCCCC1)C3. The lowest BCUT2D eigenvalue weighted by Gasteiger charge is -2.40. The van der Waals surface area contributed by atoms with Crippen molar-refractivity contribution in [2.24, 2.45) is 5.41 Å². The van der Waals surface area contributed by atoms with E-state index in [1.54, 1.807) is 11.3 Å². The fourth-order valence-electron chi connectivity index (χ4n) is 4.84. The molecule has 5 heteroatoms. The van der Waals surface area contributed by atoms with Crippen molar-refractivity contribution in [1.29, 1.82) is 0 Å². The van der Waals surface area contributed by atoms with Gasteiger partial charge in [-0.15, -0.1) is 11.3 Å². The first kappa shape index (κ1) is 17.2. The molecule has 0 atom stereocenters. The van der Waals surface area contributed by atoms with Crippen LogP contribution in [-0.4, -0.2) is 28.0 Å². The first-order chi connectivity index (χ1) is 12.1. The first-order valence-corrected chi connectivity index (χ1v) is 10.7. The van der Waals surface area contributed by atoms with Gasteiger partial charge in [-0.25, -0.2) is 4.98 Å². The second-order valence-electron chi connectivity index (χ2n) is 7.90. The summed E-state index contributed by atoms with van der Waals surface area (Å²) in [6, 6.07) is 0. The Hall–Kier alpha value is -1.20. The van der Waals surface area contributed by atoms with Crippen LogP contribution in [0.5, 0.6) is 0 Å². The summed E-state index contributed by atoms with van der Waals surface area (Å²) in [5, 5.41) is 0.883. The van der Waals surface area contributed by atoms with Crippen molar-refractivity contribution in [2.45, 2.75) is 71.8 Å². The lowest BCUT2D eigenvalue weighted by molar-refractivity contribution is 0.164. The highest BCUT2D eigenvalue weighted by Gasteiger charge is 2.37. The van der Waals surface area contributed by atoms with Crippen LogP contribution in [0.3, 0.4) is 0 Å². The maximum atomic E-state index is 12.8. The number of fused-ring (bicyclic) bond motifs is 3. The van der Waals surface area contributed by atoms with Crippen molar-refractivity contribution in [3.05, 3.63) is 26.6 Å². The normalized spacial score (nSPS) is 19.6. The maximum absolute atomic E-state index is 12.8. The van der Waals surface area contributed by atoms with Crippen LogP contribution < -0.4 is 5.56 Å². The van der Waals surface area contributed by atoms with Gasteiger partial charge in [-0.05, 0) is 56.2 Å². The van der Waals surface area contributed by atoms with Crippen LogP contribution >= 0.6 is 11.3 Å². The average molecular weight is 360 g/mol. The number of thiophene rings is 1. The third-order valence-electron chi connectivity index (χ3n) is 6.42. The smallest absolute Gasteiger partial charge is 0.259 e. The van der Waals surface area contributed by atoms with Gasteiger partial charge in [0.25, 0.3) is 5.56 Å². The highest BCUT2D eigenvalue weighted by atomic mass is 32.1. The van der Waals surface area contributed by atoms with Gasteiger partial charge in [0.2, 0.25) is 0 Å². The summed E-state index contributed by atoms with van der Waals surface area (Å²) in [4.78, 5) is 25.3. The number of aromatic amines is 1. The molecule has 0 amide bonds. The molecule has 1 spiro atoms. The lowest BCUT2D eigenvalue weighted by atomic mass is 9.65. The fraction of sp³-hybridized carbons (Fsp3) is 0.700. The van der Waals surface area contributed by atoms with E-state index in [0.717, 1.165) is 42.1 Å². The standard InChI is InChI=1S/C20H29N3OS/c1-3-23(4-2)13-16-21-18(24)17-14-8-11-20(9-6-5-7-10-20)12-15(14)25-19(17)22-16/h3-13H2,1-2H3,(H,21,22,24). The molecule has 2 aliphatic rings. The maximum Gasteiger partial charge on any atom is 0.259 e. The molecule has 0 aliphatic heterocycles. The quantitative estimate of drug-likeness (QED) is 0.887. The van der Waals surface area contributed by atoms with E-state index in [1.165, 1.54) is 55.4 Å². The van der Waals surface area contributed by atoms with E-state index in [2.05, 4.69) is 23.7 Å². The van der Waals surface area contributed by atoms with Gasteiger partial charge in [0, 0.05) is 4.88 Å². The minimum Gasteiger partial charge on any atom is -0.309 e. The van der Waals surface area contributed by atoms with E-state index in [-0.39, 0.29) is 5.56 Å². The zero-order valence-electron chi connectivity index (χ0n) is 15.5. The summed E-state index contributed by atoms with van der Waals surface area (Å²) >= 11 is 1.79. The first-order valence-electron chi connectivity index (χ1n) is 9.90. The molecular formula is C20H29N3OS. The highest BCUT2D eigenvalue weighted by Crippen LogP contribution is 2.49. The molecule has 0 aromatic carbocycles. The van der Waals surface area contributed by atoms with Crippen LogP contribution in [0.25, 0.3) is 10.2 Å². The van der Waals surface area contributed by atoms with Gasteiger partial charge in [0.05, 0.1) is 11.9 Å². The Balaban J connectivity index is 1.69. The van der Waals surface area contributed by atoms with Crippen molar-refractivity contribution in [3.8, 4) is 0 Å². The molecule has 4 rings (SSSR count). The molecule has 2 heterocycles. The molecule has 25 heavy (non-hydrogen) atoms. The number of nitrogens with one attached hydrogen (secondary N) is 1. The average Bonchev–Trinajstić information content (AvgIpc) is 2.97. The molecule has 136 valence electrons. The van der Waals surface area contributed by atoms with Gasteiger partial charge >= 0.3 is 0 Å². The molecule has 2 aliphatic carbocycles. The zero-order valence-corrected chi connectivity index (χ0v) is 16.3. The number of H-pyrrole nitrogens is 1. The Morgan fingerprint density at radius 1 is 1.16 bits per heavy atom. The second kappa shape index (κ2) is 6.84. The molecular weight excluding hydrogens is 330 g/mol. The lowest BCUT2D eigenvalue weighted by Crippen LogP contribution is -2.30. The van der Waals surface area contributed by atoms with Crippen LogP contribution in [0.1, 0.15) is 68.6 Å². The molecule has 1 saturated carbocycles. The van der Waals surface area contributed by atoms with E-state index in [9.17, 15) is 4.79 Å². The Morgan fingerprint density at radius 3 is 2.64 bits per heavy atom. The van der Waals surface area contributed by atoms with Crippen LogP contribution in [0.15, 0.2) is 4.79 Å². The van der Waals surface area contributed by atoms with E-state index < -0.39 is 0 Å². The zero-order chi connectivity index (χ0) is 17.4. The van der Waals surface area contributed by atoms with Crippen molar-refractivity contribution < 1.29 is 0 Å². The number of aromatic nitrogens is 2. The van der Waals surface area contributed by atoms with Gasteiger partial charge in [0.15, 0.2) is 0 Å². The molecule has 2 aromatic heterocycles. The summed E-state index contributed by atoms with van der Waals surface area (Å²) in [5.41, 5.74) is 1.90. The van der Waals surface area contributed by atoms with E-state index in [4.69, 9.17) is 4.98 Å². The van der Waals surface area contributed by atoms with Gasteiger partial charge in [0.1, 0.15) is 10.7 Å². The number of aryl methyl sites for hydroxylation is 1. The summed E-state index contributed by atoms with van der Waals surface area (Å²) in [7, 11) is 0. The van der Waals surface area contributed by atoms with Crippen molar-refractivity contribution in [2.75, 3.05) is 13.1 Å². The highest BCUT2D eigenvalue weighted by molar-refractivity contribution is 7.18. The largest absolute Gasteiger partial charge is 0.309 e. The van der Waals surface area contributed by atoms with E-state index in [0.29, 0.717) is 5.41 Å². The van der Waals surface area contributed by atoms with Crippen LogP contribution in [-0.2, 0) is 19.4 Å². The number of hydrogen-bond donors (Lipinski definition) is 1. The molecule has 1 N–H and O–H groups in total. The molecule has 0 radical (unpaired) electrons. The molecule has 4 nitrogen and oxygen atoms in total. The third-order valence-corrected chi connectivity index (χ3v) is 7.54. The topological polar surface area (TPSA) is 49.0 Å². The van der Waals surface area contributed by atoms with Crippen LogP contribution in [0, 0.1) is 5.41 Å². The number of hydrogen-bond acceptors (Lipinski definition) is 4. The Kier molecular flexibility index (Phi) is 4.71. The fourth-order valence-corrected chi connectivity index (χ4v) is 6.26. The Labute approximate surface area is 153 Å². The summed E-state index contributed by atoms with van der Waals surface area (Å²) in [6.45, 7) is 6.97. The molecule has 0 unspecified atom stereocenters. The predicted octanol–water partition coefficient (Wildman–Crippen LogP) is 4.27. The molecule has 2 aromatic rings. The Bertz CT molecular complexity index is 812. The van der Waals surface area contributed by atoms with Gasteiger partial charge in [-0.2, -0.15) is 0 Å². The summed E-state index contributed by atoms with van der Waals surface area (Å²) < 4.78 is 0. The Morgan fingerprint density at radius 2 is 1.92 bits per heavy atom. The number of nitrogens with zero attached hydrogens (tertiary/aromatic N) is 2. The molecule has 0 bridgehead atoms. The summed E-state index contributed by atoms with van der Waals surface area (Å²) in [5.74, 6) is 0.812. The summed E-state index contributed by atoms with van der Waals surface area (Å²) in [6.07, 6.45) is 10.4. The molecule has 1 fully saturated rings. The van der Waals surface area contributed by atoms with Crippen LogP contribution in [0.2, 0.25) is 0 Å². The van der Waals surface area contributed by atoms with Gasteiger partial charge in [-0.1, -0.05) is 33.1 Å².